The lowest BCUT2D eigenvalue weighted by molar-refractivity contribution is 0.315. The van der Waals surface area contributed by atoms with E-state index in [0.29, 0.717) is 5.92 Å². The average molecular weight is 254 g/mol. The fourth-order valence-electron chi connectivity index (χ4n) is 2.40. The van der Waals surface area contributed by atoms with E-state index in [1.807, 2.05) is 6.20 Å². The number of halogens is 1. The Hall–Kier alpha value is -0.760. The van der Waals surface area contributed by atoms with E-state index in [0.717, 1.165) is 25.2 Å². The van der Waals surface area contributed by atoms with Crippen molar-refractivity contribution in [1.82, 2.24) is 4.98 Å². The van der Waals surface area contributed by atoms with Gasteiger partial charge in [-0.2, -0.15) is 0 Å². The molecule has 0 spiro atoms. The SMILES string of the molecule is CCCOc1cncc(C2CCCCC2Cl)c1. The van der Waals surface area contributed by atoms with Gasteiger partial charge in [-0.3, -0.25) is 4.98 Å². The minimum absolute atomic E-state index is 0.256. The van der Waals surface area contributed by atoms with E-state index >= 15 is 0 Å². The molecule has 1 fully saturated rings. The van der Waals surface area contributed by atoms with Crippen LogP contribution in [0, 0.1) is 0 Å². The zero-order valence-electron chi connectivity index (χ0n) is 10.4. The number of hydrogen-bond donors (Lipinski definition) is 0. The summed E-state index contributed by atoms with van der Waals surface area (Å²) in [5.41, 5.74) is 1.23. The monoisotopic (exact) mass is 253 g/mol. The Morgan fingerprint density at radius 3 is 2.94 bits per heavy atom. The molecule has 0 aliphatic heterocycles. The normalized spacial score (nSPS) is 24.6. The molecule has 3 heteroatoms. The van der Waals surface area contributed by atoms with Crippen LogP contribution in [0.5, 0.6) is 5.75 Å². The summed E-state index contributed by atoms with van der Waals surface area (Å²) in [6, 6.07) is 2.11. The average Bonchev–Trinajstić information content (AvgIpc) is 2.37. The van der Waals surface area contributed by atoms with E-state index in [4.69, 9.17) is 16.3 Å². The van der Waals surface area contributed by atoms with Crippen LogP contribution in [0.1, 0.15) is 50.5 Å². The molecule has 2 rings (SSSR count). The maximum absolute atomic E-state index is 6.41. The van der Waals surface area contributed by atoms with Crippen LogP contribution in [0.2, 0.25) is 0 Å². The van der Waals surface area contributed by atoms with Crippen LogP contribution in [0.4, 0.5) is 0 Å². The van der Waals surface area contributed by atoms with Gasteiger partial charge >= 0.3 is 0 Å². The maximum atomic E-state index is 6.41. The molecule has 0 saturated heterocycles. The molecule has 1 aliphatic carbocycles. The predicted molar refractivity (Wildman–Crippen MR) is 70.9 cm³/mol. The summed E-state index contributed by atoms with van der Waals surface area (Å²) >= 11 is 6.41. The van der Waals surface area contributed by atoms with Crippen LogP contribution in [0.25, 0.3) is 0 Å². The van der Waals surface area contributed by atoms with Gasteiger partial charge in [-0.05, 0) is 30.9 Å². The zero-order valence-corrected chi connectivity index (χ0v) is 11.1. The number of pyridine rings is 1. The summed E-state index contributed by atoms with van der Waals surface area (Å²) in [6.45, 7) is 2.85. The molecule has 0 amide bonds. The van der Waals surface area contributed by atoms with Crippen molar-refractivity contribution in [3.05, 3.63) is 24.0 Å². The first-order valence-corrected chi connectivity index (χ1v) is 6.96. The second-order valence-electron chi connectivity index (χ2n) is 4.71. The van der Waals surface area contributed by atoms with Crippen molar-refractivity contribution in [3.63, 3.8) is 0 Å². The first-order chi connectivity index (χ1) is 8.31. The van der Waals surface area contributed by atoms with Gasteiger partial charge in [-0.25, -0.2) is 0 Å². The number of hydrogen-bond acceptors (Lipinski definition) is 2. The van der Waals surface area contributed by atoms with Gasteiger partial charge in [0, 0.05) is 17.5 Å². The van der Waals surface area contributed by atoms with Crippen molar-refractivity contribution in [2.75, 3.05) is 6.61 Å². The Morgan fingerprint density at radius 2 is 2.18 bits per heavy atom. The van der Waals surface area contributed by atoms with E-state index in [9.17, 15) is 0 Å². The van der Waals surface area contributed by atoms with Gasteiger partial charge in [-0.1, -0.05) is 19.8 Å². The second kappa shape index (κ2) is 6.25. The minimum atomic E-state index is 0.256. The van der Waals surface area contributed by atoms with Gasteiger partial charge < -0.3 is 4.74 Å². The van der Waals surface area contributed by atoms with E-state index in [1.54, 1.807) is 6.20 Å². The van der Waals surface area contributed by atoms with Crippen LogP contribution >= 0.6 is 11.6 Å². The third kappa shape index (κ3) is 3.35. The summed E-state index contributed by atoms with van der Waals surface area (Å²) in [4.78, 5) is 4.26. The largest absolute Gasteiger partial charge is 0.492 e. The number of ether oxygens (including phenoxy) is 1. The topological polar surface area (TPSA) is 22.1 Å². The van der Waals surface area contributed by atoms with E-state index < -0.39 is 0 Å². The van der Waals surface area contributed by atoms with E-state index in [1.165, 1.54) is 24.8 Å². The predicted octanol–water partition coefficient (Wildman–Crippen LogP) is 4.14. The number of rotatable bonds is 4. The Balaban J connectivity index is 2.08. The van der Waals surface area contributed by atoms with Gasteiger partial charge in [0.15, 0.2) is 0 Å². The first-order valence-electron chi connectivity index (χ1n) is 6.53. The molecule has 1 aromatic rings. The molecule has 1 aromatic heterocycles. The van der Waals surface area contributed by atoms with Gasteiger partial charge in [0.05, 0.1) is 12.8 Å². The Morgan fingerprint density at radius 1 is 1.35 bits per heavy atom. The van der Waals surface area contributed by atoms with E-state index in [2.05, 4.69) is 18.0 Å². The fraction of sp³-hybridized carbons (Fsp3) is 0.643. The third-order valence-corrected chi connectivity index (χ3v) is 3.84. The van der Waals surface area contributed by atoms with Crippen LogP contribution in [-0.2, 0) is 0 Å². The Kier molecular flexibility index (Phi) is 4.66. The molecular weight excluding hydrogens is 234 g/mol. The van der Waals surface area contributed by atoms with Gasteiger partial charge in [0.1, 0.15) is 5.75 Å². The third-order valence-electron chi connectivity index (χ3n) is 3.32. The van der Waals surface area contributed by atoms with Crippen molar-refractivity contribution >= 4 is 11.6 Å². The lowest BCUT2D eigenvalue weighted by Gasteiger charge is -2.27. The molecule has 0 aromatic carbocycles. The van der Waals surface area contributed by atoms with Crippen LogP contribution in [0.15, 0.2) is 18.5 Å². The highest BCUT2D eigenvalue weighted by Crippen LogP contribution is 2.36. The van der Waals surface area contributed by atoms with Crippen molar-refractivity contribution in [1.29, 1.82) is 0 Å². The lowest BCUT2D eigenvalue weighted by atomic mass is 9.84. The molecule has 0 N–H and O–H groups in total. The first kappa shape index (κ1) is 12.7. The Labute approximate surface area is 108 Å². The molecule has 0 radical (unpaired) electrons. The van der Waals surface area contributed by atoms with Crippen molar-refractivity contribution in [2.45, 2.75) is 50.3 Å². The summed E-state index contributed by atoms with van der Waals surface area (Å²) in [7, 11) is 0. The van der Waals surface area contributed by atoms with Crippen LogP contribution in [-0.4, -0.2) is 17.0 Å². The summed E-state index contributed by atoms with van der Waals surface area (Å²) in [5, 5.41) is 0.256. The van der Waals surface area contributed by atoms with Crippen molar-refractivity contribution in [3.8, 4) is 5.75 Å². The molecule has 1 heterocycles. The smallest absolute Gasteiger partial charge is 0.137 e. The number of nitrogens with zero attached hydrogens (tertiary/aromatic N) is 1. The molecule has 2 nitrogen and oxygen atoms in total. The molecule has 2 atom stereocenters. The molecule has 17 heavy (non-hydrogen) atoms. The lowest BCUT2D eigenvalue weighted by Crippen LogP contribution is -2.17. The van der Waals surface area contributed by atoms with Crippen LogP contribution in [0.3, 0.4) is 0 Å². The summed E-state index contributed by atoms with van der Waals surface area (Å²) in [5.74, 6) is 1.32. The molecule has 1 saturated carbocycles. The maximum Gasteiger partial charge on any atom is 0.137 e. The summed E-state index contributed by atoms with van der Waals surface area (Å²) in [6.07, 6.45) is 9.55. The molecule has 94 valence electrons. The molecule has 1 aliphatic rings. The standard InChI is InChI=1S/C14H20ClNO/c1-2-7-17-12-8-11(9-16-10-12)13-5-3-4-6-14(13)15/h8-10,13-14H,2-7H2,1H3. The van der Waals surface area contributed by atoms with Gasteiger partial charge in [0.25, 0.3) is 0 Å². The quantitative estimate of drug-likeness (QED) is 0.753. The second-order valence-corrected chi connectivity index (χ2v) is 5.27. The fourth-order valence-corrected chi connectivity index (χ4v) is 2.82. The van der Waals surface area contributed by atoms with Crippen molar-refractivity contribution < 1.29 is 4.74 Å². The van der Waals surface area contributed by atoms with Crippen molar-refractivity contribution in [2.24, 2.45) is 0 Å². The van der Waals surface area contributed by atoms with Gasteiger partial charge in [-0.15, -0.1) is 11.6 Å². The molecule has 0 bridgehead atoms. The highest BCUT2D eigenvalue weighted by atomic mass is 35.5. The molecule has 2 unspecified atom stereocenters. The Bertz CT molecular complexity index is 356. The number of alkyl halides is 1. The molecular formula is C14H20ClNO. The highest BCUT2D eigenvalue weighted by molar-refractivity contribution is 6.21. The summed E-state index contributed by atoms with van der Waals surface area (Å²) < 4.78 is 5.62. The minimum Gasteiger partial charge on any atom is -0.492 e. The van der Waals surface area contributed by atoms with Gasteiger partial charge in [0.2, 0.25) is 0 Å². The van der Waals surface area contributed by atoms with Crippen LogP contribution < -0.4 is 4.74 Å². The highest BCUT2D eigenvalue weighted by Gasteiger charge is 2.25. The zero-order chi connectivity index (χ0) is 12.1. The number of aromatic nitrogens is 1. The van der Waals surface area contributed by atoms with E-state index in [-0.39, 0.29) is 5.38 Å².